The Kier molecular flexibility index (Phi) is 6.19. The minimum Gasteiger partial charge on any atom is -0.497 e. The predicted octanol–water partition coefficient (Wildman–Crippen LogP) is 4.33. The van der Waals surface area contributed by atoms with Crippen LogP contribution in [0.25, 0.3) is 0 Å². The van der Waals surface area contributed by atoms with Crippen LogP contribution in [0.5, 0.6) is 5.75 Å². The summed E-state index contributed by atoms with van der Waals surface area (Å²) in [5.41, 5.74) is 2.98. The minimum atomic E-state index is -3.76. The summed E-state index contributed by atoms with van der Waals surface area (Å²) in [6, 6.07) is 21.1. The Balaban J connectivity index is 1.56. The Morgan fingerprint density at radius 3 is 2.53 bits per heavy atom. The van der Waals surface area contributed by atoms with Gasteiger partial charge >= 0.3 is 0 Å². The van der Waals surface area contributed by atoms with Crippen molar-refractivity contribution in [1.29, 1.82) is 0 Å². The van der Waals surface area contributed by atoms with Gasteiger partial charge in [-0.2, -0.15) is 0 Å². The molecule has 166 valence electrons. The van der Waals surface area contributed by atoms with Crippen LogP contribution in [-0.2, 0) is 16.4 Å². The van der Waals surface area contributed by atoms with E-state index in [0.717, 1.165) is 16.9 Å². The lowest BCUT2D eigenvalue weighted by Crippen LogP contribution is -2.30. The molecule has 0 saturated carbocycles. The first-order valence-electron chi connectivity index (χ1n) is 10.6. The second-order valence-corrected chi connectivity index (χ2v) is 9.55. The van der Waals surface area contributed by atoms with Crippen molar-refractivity contribution < 1.29 is 17.9 Å². The lowest BCUT2D eigenvalue weighted by molar-refractivity contribution is 0.0935. The van der Waals surface area contributed by atoms with Crippen molar-refractivity contribution in [3.05, 3.63) is 89.5 Å². The van der Waals surface area contributed by atoms with Crippen LogP contribution in [0.3, 0.4) is 0 Å². The third-order valence-electron chi connectivity index (χ3n) is 5.76. The van der Waals surface area contributed by atoms with Crippen molar-refractivity contribution in [2.75, 3.05) is 18.0 Å². The molecule has 32 heavy (non-hydrogen) atoms. The second kappa shape index (κ2) is 9.04. The SMILES string of the molecule is CCC(NC(=O)c1cccc(S(=O)(=O)N2CCc3ccccc32)c1)c1ccc(OC)cc1. The predicted molar refractivity (Wildman–Crippen MR) is 125 cm³/mol. The summed E-state index contributed by atoms with van der Waals surface area (Å²) >= 11 is 0. The summed E-state index contributed by atoms with van der Waals surface area (Å²) in [4.78, 5) is 13.1. The number of benzene rings is 3. The van der Waals surface area contributed by atoms with E-state index in [1.165, 1.54) is 16.4 Å². The molecule has 1 heterocycles. The summed E-state index contributed by atoms with van der Waals surface area (Å²) in [5, 5.41) is 3.01. The van der Waals surface area contributed by atoms with Gasteiger partial charge in [0.2, 0.25) is 0 Å². The van der Waals surface area contributed by atoms with Crippen LogP contribution in [0, 0.1) is 0 Å². The van der Waals surface area contributed by atoms with E-state index in [9.17, 15) is 13.2 Å². The highest BCUT2D eigenvalue weighted by Crippen LogP contribution is 2.32. The first kappa shape index (κ1) is 21.9. The zero-order chi connectivity index (χ0) is 22.7. The van der Waals surface area contributed by atoms with Crippen molar-refractivity contribution in [3.63, 3.8) is 0 Å². The maximum Gasteiger partial charge on any atom is 0.264 e. The topological polar surface area (TPSA) is 75.7 Å². The largest absolute Gasteiger partial charge is 0.497 e. The quantitative estimate of drug-likeness (QED) is 0.581. The van der Waals surface area contributed by atoms with Crippen LogP contribution in [0.2, 0.25) is 0 Å². The number of amides is 1. The van der Waals surface area contributed by atoms with Gasteiger partial charge in [-0.25, -0.2) is 8.42 Å². The van der Waals surface area contributed by atoms with Crippen LogP contribution >= 0.6 is 0 Å². The van der Waals surface area contributed by atoms with Crippen molar-refractivity contribution in [1.82, 2.24) is 5.32 Å². The molecule has 1 aliphatic heterocycles. The molecule has 1 unspecified atom stereocenters. The van der Waals surface area contributed by atoms with Crippen molar-refractivity contribution in [2.24, 2.45) is 0 Å². The average molecular weight is 451 g/mol. The Labute approximate surface area is 188 Å². The standard InChI is InChI=1S/C25H26N2O4S/c1-3-23(18-11-13-21(31-2)14-12-18)26-25(28)20-8-6-9-22(17-20)32(29,30)27-16-15-19-7-4-5-10-24(19)27/h4-14,17,23H,3,15-16H2,1-2H3,(H,26,28). The molecule has 3 aromatic rings. The van der Waals surface area contributed by atoms with Gasteiger partial charge in [0.05, 0.1) is 23.7 Å². The van der Waals surface area contributed by atoms with Gasteiger partial charge in [0.25, 0.3) is 15.9 Å². The van der Waals surface area contributed by atoms with Gasteiger partial charge in [-0.3, -0.25) is 9.10 Å². The molecule has 0 radical (unpaired) electrons. The number of hydrogen-bond acceptors (Lipinski definition) is 4. The highest BCUT2D eigenvalue weighted by molar-refractivity contribution is 7.92. The fraction of sp³-hybridized carbons (Fsp3) is 0.240. The van der Waals surface area contributed by atoms with E-state index >= 15 is 0 Å². The number of nitrogens with zero attached hydrogens (tertiary/aromatic N) is 1. The van der Waals surface area contributed by atoms with Gasteiger partial charge in [-0.1, -0.05) is 43.3 Å². The first-order valence-corrected chi connectivity index (χ1v) is 12.0. The third-order valence-corrected chi connectivity index (χ3v) is 7.57. The summed E-state index contributed by atoms with van der Waals surface area (Å²) in [5.74, 6) is 0.433. The third kappa shape index (κ3) is 4.21. The average Bonchev–Trinajstić information content (AvgIpc) is 3.27. The van der Waals surface area contributed by atoms with E-state index in [-0.39, 0.29) is 16.8 Å². The van der Waals surface area contributed by atoms with Crippen molar-refractivity contribution in [3.8, 4) is 5.75 Å². The number of carbonyl (C=O) groups is 1. The molecule has 4 rings (SSSR count). The molecule has 0 fully saturated rings. The summed E-state index contributed by atoms with van der Waals surface area (Å²) in [6.45, 7) is 2.38. The van der Waals surface area contributed by atoms with Crippen LogP contribution in [0.1, 0.15) is 40.9 Å². The second-order valence-electron chi connectivity index (χ2n) is 7.69. The number of hydrogen-bond donors (Lipinski definition) is 1. The van der Waals surface area contributed by atoms with Crippen molar-refractivity contribution in [2.45, 2.75) is 30.7 Å². The van der Waals surface area contributed by atoms with E-state index in [0.29, 0.717) is 30.6 Å². The molecule has 0 bridgehead atoms. The fourth-order valence-corrected chi connectivity index (χ4v) is 5.53. The molecule has 0 spiro atoms. The number of ether oxygens (including phenoxy) is 1. The van der Waals surface area contributed by atoms with Crippen molar-refractivity contribution >= 4 is 21.6 Å². The lowest BCUT2D eigenvalue weighted by atomic mass is 10.0. The van der Waals surface area contributed by atoms with Crippen LogP contribution in [0.4, 0.5) is 5.69 Å². The van der Waals surface area contributed by atoms with E-state index in [2.05, 4.69) is 5.32 Å². The molecule has 3 aromatic carbocycles. The van der Waals surface area contributed by atoms with E-state index in [1.54, 1.807) is 19.2 Å². The molecule has 1 atom stereocenters. The van der Waals surface area contributed by atoms with Crippen LogP contribution in [0.15, 0.2) is 77.7 Å². The normalized spacial score (nSPS) is 14.0. The Morgan fingerprint density at radius 2 is 1.81 bits per heavy atom. The maximum atomic E-state index is 13.3. The molecular weight excluding hydrogens is 424 g/mol. The summed E-state index contributed by atoms with van der Waals surface area (Å²) in [7, 11) is -2.16. The fourth-order valence-electron chi connectivity index (χ4n) is 3.98. The number of fused-ring (bicyclic) bond motifs is 1. The smallest absolute Gasteiger partial charge is 0.264 e. The van der Waals surface area contributed by atoms with E-state index in [4.69, 9.17) is 4.74 Å². The van der Waals surface area contributed by atoms with Crippen LogP contribution < -0.4 is 14.4 Å². The lowest BCUT2D eigenvalue weighted by Gasteiger charge is -2.20. The summed E-state index contributed by atoms with van der Waals surface area (Å²) < 4.78 is 33.2. The molecule has 0 saturated heterocycles. The van der Waals surface area contributed by atoms with Gasteiger partial charge < -0.3 is 10.1 Å². The molecular formula is C25H26N2O4S. The monoisotopic (exact) mass is 450 g/mol. The molecule has 7 heteroatoms. The van der Waals surface area contributed by atoms with E-state index in [1.807, 2.05) is 55.5 Å². The highest BCUT2D eigenvalue weighted by Gasteiger charge is 2.31. The number of carbonyl (C=O) groups excluding carboxylic acids is 1. The zero-order valence-electron chi connectivity index (χ0n) is 18.1. The minimum absolute atomic E-state index is 0.111. The van der Waals surface area contributed by atoms with Gasteiger partial charge in [0, 0.05) is 12.1 Å². The molecule has 0 aliphatic carbocycles. The molecule has 1 N–H and O–H groups in total. The van der Waals surface area contributed by atoms with Gasteiger partial charge in [-0.15, -0.1) is 0 Å². The molecule has 0 aromatic heterocycles. The van der Waals surface area contributed by atoms with Gasteiger partial charge in [0.15, 0.2) is 0 Å². The Bertz CT molecular complexity index is 1220. The number of sulfonamides is 1. The number of methoxy groups -OCH3 is 1. The summed E-state index contributed by atoms with van der Waals surface area (Å²) in [6.07, 6.45) is 1.37. The highest BCUT2D eigenvalue weighted by atomic mass is 32.2. The number of anilines is 1. The molecule has 1 amide bonds. The number of para-hydroxylation sites is 1. The number of rotatable bonds is 7. The maximum absolute atomic E-state index is 13.3. The Morgan fingerprint density at radius 1 is 1.06 bits per heavy atom. The first-order chi connectivity index (χ1) is 15.4. The number of nitrogens with one attached hydrogen (secondary N) is 1. The van der Waals surface area contributed by atoms with Gasteiger partial charge in [-0.05, 0) is 60.4 Å². The molecule has 6 nitrogen and oxygen atoms in total. The van der Waals surface area contributed by atoms with E-state index < -0.39 is 10.0 Å². The van der Waals surface area contributed by atoms with Crippen LogP contribution in [-0.4, -0.2) is 28.0 Å². The van der Waals surface area contributed by atoms with Gasteiger partial charge in [0.1, 0.15) is 5.75 Å². The zero-order valence-corrected chi connectivity index (χ0v) is 18.9. The molecule has 1 aliphatic rings. The Hall–Kier alpha value is -3.32.